The molecule has 0 aromatic carbocycles. The third-order valence-electron chi connectivity index (χ3n) is 2.96. The molecule has 2 heterocycles. The van der Waals surface area contributed by atoms with Crippen LogP contribution in [0.4, 0.5) is 0 Å². The van der Waals surface area contributed by atoms with Gasteiger partial charge in [0.25, 0.3) is 0 Å². The molecule has 2 aliphatic rings. The molecule has 0 radical (unpaired) electrons. The zero-order valence-corrected chi connectivity index (χ0v) is 10.1. The molecule has 2 aliphatic heterocycles. The highest BCUT2D eigenvalue weighted by atomic mass is 32.2. The van der Waals surface area contributed by atoms with Crippen LogP contribution in [0.3, 0.4) is 0 Å². The Morgan fingerprint density at radius 3 is 2.93 bits per heavy atom. The maximum absolute atomic E-state index is 10.1. The normalized spacial score (nSPS) is 38.8. The van der Waals surface area contributed by atoms with Crippen molar-refractivity contribution >= 4 is 23.5 Å². The van der Waals surface area contributed by atoms with E-state index >= 15 is 0 Å². The van der Waals surface area contributed by atoms with Crippen molar-refractivity contribution in [3.63, 3.8) is 0 Å². The first-order chi connectivity index (χ1) is 6.79. The third-order valence-corrected chi connectivity index (χ3v) is 5.41. The van der Waals surface area contributed by atoms with Crippen LogP contribution in [0.15, 0.2) is 0 Å². The van der Waals surface area contributed by atoms with Gasteiger partial charge in [-0.1, -0.05) is 0 Å². The van der Waals surface area contributed by atoms with Crippen molar-refractivity contribution in [3.8, 4) is 0 Å². The first-order valence-electron chi connectivity index (χ1n) is 5.40. The minimum Gasteiger partial charge on any atom is -0.388 e. The molecule has 0 aromatic heterocycles. The van der Waals surface area contributed by atoms with Gasteiger partial charge in [0.05, 0.1) is 5.60 Å². The van der Waals surface area contributed by atoms with Crippen molar-refractivity contribution in [2.24, 2.45) is 0 Å². The Bertz CT molecular complexity index is 177. The zero-order valence-electron chi connectivity index (χ0n) is 8.50. The molecule has 2 unspecified atom stereocenters. The van der Waals surface area contributed by atoms with E-state index < -0.39 is 5.60 Å². The lowest BCUT2D eigenvalue weighted by Crippen LogP contribution is -2.46. The van der Waals surface area contributed by atoms with Crippen LogP contribution in [-0.4, -0.2) is 46.3 Å². The number of thioether (sulfide) groups is 2. The molecule has 0 aliphatic carbocycles. The molecule has 2 N–H and O–H groups in total. The summed E-state index contributed by atoms with van der Waals surface area (Å²) in [7, 11) is 0. The van der Waals surface area contributed by atoms with Crippen LogP contribution in [0.25, 0.3) is 0 Å². The molecule has 14 heavy (non-hydrogen) atoms. The summed E-state index contributed by atoms with van der Waals surface area (Å²) >= 11 is 3.91. The van der Waals surface area contributed by atoms with Crippen molar-refractivity contribution in [2.45, 2.75) is 30.9 Å². The molecular formula is C10H19NOS2. The van der Waals surface area contributed by atoms with Crippen LogP contribution in [-0.2, 0) is 0 Å². The largest absolute Gasteiger partial charge is 0.388 e. The lowest BCUT2D eigenvalue weighted by Gasteiger charge is -2.28. The minimum absolute atomic E-state index is 0.410. The lowest BCUT2D eigenvalue weighted by molar-refractivity contribution is 0.0649. The van der Waals surface area contributed by atoms with E-state index in [0.29, 0.717) is 6.04 Å². The lowest BCUT2D eigenvalue weighted by atomic mass is 10.0. The number of aliphatic hydroxyl groups is 1. The Morgan fingerprint density at radius 1 is 1.36 bits per heavy atom. The van der Waals surface area contributed by atoms with Crippen LogP contribution >= 0.6 is 23.5 Å². The van der Waals surface area contributed by atoms with Gasteiger partial charge in [-0.3, -0.25) is 0 Å². The molecule has 0 amide bonds. The maximum atomic E-state index is 10.1. The number of nitrogens with one attached hydrogen (secondary N) is 1. The fourth-order valence-electron chi connectivity index (χ4n) is 1.97. The van der Waals surface area contributed by atoms with Gasteiger partial charge < -0.3 is 10.4 Å². The number of rotatable bonds is 3. The summed E-state index contributed by atoms with van der Waals surface area (Å²) in [6.07, 6.45) is 3.58. The second-order valence-electron chi connectivity index (χ2n) is 4.32. The van der Waals surface area contributed by atoms with Gasteiger partial charge in [-0.05, 0) is 30.8 Å². The quantitative estimate of drug-likeness (QED) is 0.770. The molecule has 2 rings (SSSR count). The van der Waals surface area contributed by atoms with Gasteiger partial charge in [0.1, 0.15) is 0 Å². The van der Waals surface area contributed by atoms with Gasteiger partial charge in [0.2, 0.25) is 0 Å². The van der Waals surface area contributed by atoms with Gasteiger partial charge in [-0.15, -0.1) is 0 Å². The molecule has 2 atom stereocenters. The standard InChI is InChI=1S/C10H19NOS2/c12-10(3-5-14-8-10)7-11-9-2-1-4-13-6-9/h9,11-12H,1-8H2. The molecule has 0 saturated carbocycles. The summed E-state index contributed by atoms with van der Waals surface area (Å²) in [6, 6.07) is 0.642. The highest BCUT2D eigenvalue weighted by molar-refractivity contribution is 7.99. The zero-order chi connectivity index (χ0) is 9.86. The Hall–Kier alpha value is 0.620. The van der Waals surface area contributed by atoms with E-state index in [1.54, 1.807) is 0 Å². The Balaban J connectivity index is 1.70. The van der Waals surface area contributed by atoms with Gasteiger partial charge in [0, 0.05) is 24.1 Å². The Morgan fingerprint density at radius 2 is 2.29 bits per heavy atom. The van der Waals surface area contributed by atoms with Gasteiger partial charge in [-0.2, -0.15) is 23.5 Å². The summed E-state index contributed by atoms with van der Waals surface area (Å²) in [4.78, 5) is 0. The second-order valence-corrected chi connectivity index (χ2v) is 6.58. The van der Waals surface area contributed by atoms with Crippen molar-refractivity contribution in [1.29, 1.82) is 0 Å². The first-order valence-corrected chi connectivity index (χ1v) is 7.71. The highest BCUT2D eigenvalue weighted by Crippen LogP contribution is 2.27. The van der Waals surface area contributed by atoms with E-state index in [0.717, 1.165) is 24.5 Å². The van der Waals surface area contributed by atoms with E-state index in [-0.39, 0.29) is 0 Å². The molecule has 0 bridgehead atoms. The average Bonchev–Trinajstić information content (AvgIpc) is 2.65. The van der Waals surface area contributed by atoms with Crippen molar-refractivity contribution in [2.75, 3.05) is 29.6 Å². The first kappa shape index (κ1) is 11.1. The summed E-state index contributed by atoms with van der Waals surface area (Å²) < 4.78 is 0. The summed E-state index contributed by atoms with van der Waals surface area (Å²) in [5.74, 6) is 4.58. The molecule has 0 spiro atoms. The van der Waals surface area contributed by atoms with Crippen molar-refractivity contribution in [3.05, 3.63) is 0 Å². The van der Waals surface area contributed by atoms with E-state index in [9.17, 15) is 5.11 Å². The predicted molar refractivity (Wildman–Crippen MR) is 65.2 cm³/mol. The van der Waals surface area contributed by atoms with E-state index in [2.05, 4.69) is 5.32 Å². The number of hydrogen-bond donors (Lipinski definition) is 2. The topological polar surface area (TPSA) is 32.3 Å². The molecule has 2 saturated heterocycles. The van der Waals surface area contributed by atoms with Gasteiger partial charge >= 0.3 is 0 Å². The summed E-state index contributed by atoms with van der Waals surface area (Å²) in [5.41, 5.74) is -0.410. The summed E-state index contributed by atoms with van der Waals surface area (Å²) in [5, 5.41) is 13.7. The third kappa shape index (κ3) is 3.05. The van der Waals surface area contributed by atoms with E-state index in [1.807, 2.05) is 23.5 Å². The van der Waals surface area contributed by atoms with Gasteiger partial charge in [-0.25, -0.2) is 0 Å². The SMILES string of the molecule is OC1(CNC2CCCSC2)CCSC1. The fourth-order valence-corrected chi connectivity index (χ4v) is 4.37. The van der Waals surface area contributed by atoms with Crippen molar-refractivity contribution in [1.82, 2.24) is 5.32 Å². The average molecular weight is 233 g/mol. The highest BCUT2D eigenvalue weighted by Gasteiger charge is 2.32. The fraction of sp³-hybridized carbons (Fsp3) is 1.00. The van der Waals surface area contributed by atoms with E-state index in [4.69, 9.17) is 0 Å². The smallest absolute Gasteiger partial charge is 0.0869 e. The summed E-state index contributed by atoms with van der Waals surface area (Å²) in [6.45, 7) is 0.797. The molecule has 0 aromatic rings. The molecular weight excluding hydrogens is 214 g/mol. The van der Waals surface area contributed by atoms with Crippen LogP contribution in [0, 0.1) is 0 Å². The van der Waals surface area contributed by atoms with Crippen molar-refractivity contribution < 1.29 is 5.11 Å². The molecule has 4 heteroatoms. The van der Waals surface area contributed by atoms with Gasteiger partial charge in [0.15, 0.2) is 0 Å². The Labute approximate surface area is 94.6 Å². The second kappa shape index (κ2) is 5.10. The predicted octanol–water partition coefficient (Wildman–Crippen LogP) is 1.34. The molecule has 2 nitrogen and oxygen atoms in total. The van der Waals surface area contributed by atoms with Crippen LogP contribution in [0.5, 0.6) is 0 Å². The monoisotopic (exact) mass is 233 g/mol. The van der Waals surface area contributed by atoms with Crippen LogP contribution in [0.2, 0.25) is 0 Å². The number of hydrogen-bond acceptors (Lipinski definition) is 4. The van der Waals surface area contributed by atoms with Crippen LogP contribution in [0.1, 0.15) is 19.3 Å². The van der Waals surface area contributed by atoms with E-state index in [1.165, 1.54) is 24.3 Å². The minimum atomic E-state index is -0.410. The van der Waals surface area contributed by atoms with Crippen LogP contribution < -0.4 is 5.32 Å². The molecule has 2 fully saturated rings. The molecule has 82 valence electrons. The maximum Gasteiger partial charge on any atom is 0.0869 e. The Kier molecular flexibility index (Phi) is 4.05.